The smallest absolute Gasteiger partial charge is 0.139 e. The molecular weight excluding hydrogens is 2170 g/mol. The Morgan fingerprint density at radius 3 is 1.12 bits per heavy atom. The molecule has 4 atom stereocenters. The summed E-state index contributed by atoms with van der Waals surface area (Å²) < 4.78 is 3.95. The zero-order valence-electron chi connectivity index (χ0n) is 25.4. The van der Waals surface area contributed by atoms with Gasteiger partial charge >= 0.3 is 0 Å². The molecule has 0 saturated carbocycles. The molecule has 12 nitrogen and oxygen atoms in total. The summed E-state index contributed by atoms with van der Waals surface area (Å²) in [5.74, 6) is -1.06. The summed E-state index contributed by atoms with van der Waals surface area (Å²) in [5, 5.41) is 87.3. The van der Waals surface area contributed by atoms with E-state index >= 15 is 0 Å². The number of carbonyl (C=O) groups is 1. The fourth-order valence-corrected chi connectivity index (χ4v) is 12.5. The number of aliphatic hydroxyl groups excluding tert-OH is 7. The summed E-state index contributed by atoms with van der Waals surface area (Å²) in [6.07, 6.45) is -3.10. The molecule has 2 aromatic rings. The van der Waals surface area contributed by atoms with E-state index in [0.717, 1.165) is 0 Å². The number of halogens is 6. The van der Waals surface area contributed by atoms with E-state index in [0.29, 0.717) is 55.3 Å². The van der Waals surface area contributed by atoms with Crippen LogP contribution in [0.15, 0.2) is 0 Å². The average molecular weight is 2200 g/mol. The molecule has 0 bridgehead atoms. The molecule has 0 amide bonds. The number of aliphatic hydroxyl groups is 7. The Bertz CT molecular complexity index is 1330. The molecule has 0 spiro atoms. The van der Waals surface area contributed by atoms with Crippen molar-refractivity contribution in [1.29, 1.82) is 0 Å². The van der Waals surface area contributed by atoms with Gasteiger partial charge in [-0.1, -0.05) is 0 Å². The van der Waals surface area contributed by atoms with Crippen molar-refractivity contribution < 1.29 is 217 Å². The Balaban J connectivity index is -0.00000506. The normalized spacial score (nSPS) is 13.0. The van der Waals surface area contributed by atoms with E-state index in [-0.39, 0.29) is 215 Å². The van der Waals surface area contributed by atoms with Crippen LogP contribution < -0.4 is 0 Å². The summed E-state index contributed by atoms with van der Waals surface area (Å²) in [6, 6.07) is 0. The fraction of sp³-hybridized carbons (Fsp3) is 0.500. The fourth-order valence-electron chi connectivity index (χ4n) is 3.73. The first kappa shape index (κ1) is 59.5. The number of hydrogen-bond donors (Lipinski definition) is 7. The van der Waals surface area contributed by atoms with Gasteiger partial charge < -0.3 is 57.0 Å². The predicted octanol–water partition coefficient (Wildman–Crippen LogP) is 5.26. The van der Waals surface area contributed by atoms with Gasteiger partial charge in [-0.05, 0) is 155 Å². The number of benzene rings is 2. The van der Waals surface area contributed by atoms with Gasteiger partial charge in [-0.3, -0.25) is 4.79 Å². The second kappa shape index (κ2) is 31.1. The van der Waals surface area contributed by atoms with Gasteiger partial charge in [-0.15, -0.1) is 48.9 Å². The van der Waals surface area contributed by atoms with Crippen molar-refractivity contribution in [2.45, 2.75) is 37.8 Å². The average Bonchev–Trinajstić information content (AvgIpc) is 2.98. The third-order valence-electron chi connectivity index (χ3n) is 6.11. The Kier molecular flexibility index (Phi) is 38.6. The molecule has 0 aromatic heterocycles. The maximum absolute atomic E-state index is 12.4. The predicted molar refractivity (Wildman–Crippen MR) is 219 cm³/mol. The largest absolute Gasteiger partial charge is 0.681 e. The van der Waals surface area contributed by atoms with Gasteiger partial charge in [0.1, 0.15) is 5.78 Å². The Labute approximate surface area is 505 Å². The zero-order valence-corrected chi connectivity index (χ0v) is 57.3. The van der Waals surface area contributed by atoms with Crippen molar-refractivity contribution in [1.82, 2.24) is 0 Å². The third-order valence-corrected chi connectivity index (χ3v) is 12.7. The van der Waals surface area contributed by atoms with E-state index in [2.05, 4.69) is 157 Å². The summed E-state index contributed by atoms with van der Waals surface area (Å²) >= 11 is 12.5. The summed E-state index contributed by atoms with van der Waals surface area (Å²) in [4.78, 5) is 12.4. The van der Waals surface area contributed by atoms with Crippen LogP contribution in [-0.4, -0.2) is 106 Å². The molecule has 0 fully saturated rings. The van der Waals surface area contributed by atoms with Crippen LogP contribution in [0.1, 0.15) is 24.0 Å². The van der Waals surface area contributed by atoms with Crippen molar-refractivity contribution in [3.8, 4) is 0 Å². The molecule has 0 aliphatic carbocycles. The Morgan fingerprint density at radius 2 is 0.854 bits per heavy atom. The van der Waals surface area contributed by atoms with Gasteiger partial charge in [0.15, 0.2) is 0 Å². The zero-order chi connectivity index (χ0) is 33.3. The summed E-state index contributed by atoms with van der Waals surface area (Å²) in [7, 11) is 0. The molecule has 22 heteroatoms. The monoisotopic (exact) mass is 2200 g/mol. The van der Waals surface area contributed by atoms with Crippen LogP contribution in [0.25, 0.3) is 21.3 Å². The molecule has 260 valence electrons. The van der Waals surface area contributed by atoms with E-state index in [1.165, 1.54) is 6.92 Å². The minimum absolute atomic E-state index is 0. The number of hydrogen-bond acceptors (Lipinski definition) is 8. The van der Waals surface area contributed by atoms with Crippen LogP contribution in [-0.2, 0) is 11.4 Å². The Morgan fingerprint density at radius 1 is 0.542 bits per heavy atom. The molecule has 7 N–H and O–H groups in total. The molecule has 48 heavy (non-hydrogen) atoms. The maximum Gasteiger partial charge on any atom is 0.139 e. The molecule has 4 radical (unpaired) electrons. The minimum atomic E-state index is -1.07. The van der Waals surface area contributed by atoms with E-state index < -0.39 is 44.1 Å². The van der Waals surface area contributed by atoms with Crippen molar-refractivity contribution >= 4 is 164 Å². The van der Waals surface area contributed by atoms with Crippen LogP contribution in [0.4, 0.5) is 22.7 Å². The summed E-state index contributed by atoms with van der Waals surface area (Å²) in [5.41, 5.74) is 3.17. The number of Topliss-reactive ketones (excluding diaryl/α,β-unsaturated/α-hetero) is 1. The number of carbonyl (C=O) groups excluding carboxylic acids is 1. The first-order valence-electron chi connectivity index (χ1n) is 12.8. The third kappa shape index (κ3) is 17.4. The van der Waals surface area contributed by atoms with Gasteiger partial charge in [0.2, 0.25) is 0 Å². The van der Waals surface area contributed by atoms with Crippen molar-refractivity contribution in [3.63, 3.8) is 0 Å². The quantitative estimate of drug-likeness (QED) is 0.0976. The number of rotatable bonds is 18. The molecule has 0 aliphatic rings. The number of nitrogens with zero attached hydrogens (tertiary/aromatic N) is 4. The van der Waals surface area contributed by atoms with Crippen LogP contribution >= 0.6 is 136 Å². The van der Waals surface area contributed by atoms with Crippen LogP contribution in [0.2, 0.25) is 0 Å². The van der Waals surface area contributed by atoms with Gasteiger partial charge in [0, 0.05) is 202 Å². The molecule has 2 aromatic carbocycles. The van der Waals surface area contributed by atoms with Crippen molar-refractivity contribution in [2.24, 2.45) is 0 Å². The maximum atomic E-state index is 12.4. The van der Waals surface area contributed by atoms with Crippen molar-refractivity contribution in [2.75, 3.05) is 46.0 Å². The molecule has 0 saturated heterocycles. The topological polar surface area (TPSA) is 215 Å². The van der Waals surface area contributed by atoms with Crippen LogP contribution in [0, 0.1) is 198 Å². The van der Waals surface area contributed by atoms with Gasteiger partial charge in [0.05, 0.1) is 44.6 Å². The second-order valence-corrected chi connectivity index (χ2v) is 15.8. The first-order chi connectivity index (χ1) is 20.7. The van der Waals surface area contributed by atoms with E-state index in [4.69, 9.17) is 5.11 Å². The van der Waals surface area contributed by atoms with Crippen molar-refractivity contribution in [3.05, 3.63) is 53.8 Å². The molecule has 0 heterocycles. The SMILES string of the molecule is CC(=O)C(CO)c1c(I)c([N-]CC(O)CO)c(I)c([N-]CC(O)C[N-]c2c(I)c(CO)c(I)c([N-]CC(O)CO)c2I)c1I.[Ac].[Ac].[Ac].[Ac]. The standard InChI is InChI=1S/C26H30I6N4O8.4Ac/c1-10(41)14(8-39)16-19(29)25(22(32)26(20(16)30)36-5-13(44)7-38)34-3-11(42)2-33-23-17(27)15(9-40)18(28)24(21(23)31)35-4-12(43)6-37;;;;/h11-14,37-40,42-44H,2-9H2,1H3;;;;/q-4;;;;. The van der Waals surface area contributed by atoms with Crippen LogP contribution in [0.5, 0.6) is 0 Å². The molecule has 0 aliphatic heterocycles. The summed E-state index contributed by atoms with van der Waals surface area (Å²) in [6.45, 7) is -0.383. The minimum Gasteiger partial charge on any atom is -0.681 e. The van der Waals surface area contributed by atoms with Gasteiger partial charge in [-0.2, -0.15) is 0 Å². The number of ketones is 1. The second-order valence-electron chi connectivity index (χ2n) is 9.36. The first-order valence-corrected chi connectivity index (χ1v) is 19.3. The van der Waals surface area contributed by atoms with E-state index in [1.54, 1.807) is 0 Å². The molecule has 2 rings (SSSR count). The Hall–Kier alpha value is 7.18. The van der Waals surface area contributed by atoms with E-state index in [1.807, 2.05) is 0 Å². The van der Waals surface area contributed by atoms with E-state index in [9.17, 15) is 35.4 Å². The van der Waals surface area contributed by atoms with Gasteiger partial charge in [-0.25, -0.2) is 0 Å². The molecular formula is C26H30Ac4I6N4O8-4. The molecule has 4 unspecified atom stereocenters. The van der Waals surface area contributed by atoms with Crippen LogP contribution in [0.3, 0.4) is 0 Å². The van der Waals surface area contributed by atoms with Gasteiger partial charge in [0.25, 0.3) is 0 Å².